The zero-order chi connectivity index (χ0) is 29.1. The molecule has 2 aromatic heterocycles. The van der Waals surface area contributed by atoms with Crippen molar-refractivity contribution < 1.29 is 23.6 Å². The zero-order valence-electron chi connectivity index (χ0n) is 23.2. The Morgan fingerprint density at radius 2 is 1.71 bits per heavy atom. The van der Waals surface area contributed by atoms with Crippen LogP contribution < -0.4 is 10.6 Å². The molecule has 3 heterocycles. The van der Waals surface area contributed by atoms with Crippen molar-refractivity contribution in [1.82, 2.24) is 14.8 Å². The molecule has 41 heavy (non-hydrogen) atoms. The Morgan fingerprint density at radius 1 is 1.00 bits per heavy atom. The zero-order valence-corrected chi connectivity index (χ0v) is 24.0. The maximum Gasteiger partial charge on any atom is 0.294 e. The number of aromatic nitrogens is 1. The van der Waals surface area contributed by atoms with Gasteiger partial charge in [0.05, 0.1) is 11.4 Å². The highest BCUT2D eigenvalue weighted by atomic mass is 35.5. The quantitative estimate of drug-likeness (QED) is 0.417. The van der Waals surface area contributed by atoms with E-state index in [0.29, 0.717) is 41.7 Å². The number of nitrogens with zero attached hydrogens (tertiary/aromatic N) is 3. The molecule has 0 atom stereocenters. The number of fused-ring (bicyclic) bond motifs is 1. The fourth-order valence-electron chi connectivity index (χ4n) is 5.52. The van der Waals surface area contributed by atoms with Crippen molar-refractivity contribution in [1.29, 1.82) is 0 Å². The summed E-state index contributed by atoms with van der Waals surface area (Å²) in [4.78, 5) is 59.6. The van der Waals surface area contributed by atoms with Gasteiger partial charge in [-0.15, -0.1) is 0 Å². The fraction of sp³-hybridized carbons (Fsp3) is 0.433. The standard InChI is InChI=1S/C30H34ClN5O5/c1-35(2)25(37)16-18-5-11-23-22(15-18)26(27(41-23)29(39)33-24-12-10-21(31)17-32-24)34-28(38)19-6-8-20(9-7-19)30(40)36-13-3-4-14-36/h5,10-12,15,17,19-20H,3-4,6-9,13-14,16H2,1-2H3,(H,34,38)(H,32,33,39). The van der Waals surface area contributed by atoms with Crippen molar-refractivity contribution in [3.05, 3.63) is 52.9 Å². The second-order valence-electron chi connectivity index (χ2n) is 11.0. The molecule has 1 saturated carbocycles. The van der Waals surface area contributed by atoms with Crippen LogP contribution in [0.5, 0.6) is 0 Å². The van der Waals surface area contributed by atoms with E-state index in [0.717, 1.165) is 31.5 Å². The molecule has 2 fully saturated rings. The van der Waals surface area contributed by atoms with Crippen molar-refractivity contribution in [3.8, 4) is 0 Å². The molecular weight excluding hydrogens is 546 g/mol. The van der Waals surface area contributed by atoms with Gasteiger partial charge in [0, 0.05) is 50.6 Å². The van der Waals surface area contributed by atoms with Crippen molar-refractivity contribution in [3.63, 3.8) is 0 Å². The fourth-order valence-corrected chi connectivity index (χ4v) is 5.63. The minimum atomic E-state index is -0.586. The molecule has 3 aromatic rings. The minimum absolute atomic E-state index is 0.0445. The highest BCUT2D eigenvalue weighted by Gasteiger charge is 2.34. The summed E-state index contributed by atoms with van der Waals surface area (Å²) in [5.41, 5.74) is 1.36. The van der Waals surface area contributed by atoms with Crippen LogP contribution in [0.3, 0.4) is 0 Å². The van der Waals surface area contributed by atoms with Gasteiger partial charge in [0.15, 0.2) is 0 Å². The van der Waals surface area contributed by atoms with Crippen LogP contribution in [-0.4, -0.2) is 65.6 Å². The predicted molar refractivity (Wildman–Crippen MR) is 156 cm³/mol. The Balaban J connectivity index is 1.37. The van der Waals surface area contributed by atoms with Crippen LogP contribution in [0.4, 0.5) is 11.5 Å². The number of carbonyl (C=O) groups is 4. The van der Waals surface area contributed by atoms with Crippen molar-refractivity contribution >= 4 is 57.7 Å². The largest absolute Gasteiger partial charge is 0.449 e. The minimum Gasteiger partial charge on any atom is -0.449 e. The Morgan fingerprint density at radius 3 is 2.37 bits per heavy atom. The summed E-state index contributed by atoms with van der Waals surface area (Å²) in [6.45, 7) is 1.65. The van der Waals surface area contributed by atoms with Gasteiger partial charge >= 0.3 is 0 Å². The summed E-state index contributed by atoms with van der Waals surface area (Å²) >= 11 is 5.92. The Hall–Kier alpha value is -3.92. The van der Waals surface area contributed by atoms with Gasteiger partial charge in [0.25, 0.3) is 5.91 Å². The molecule has 5 rings (SSSR count). The molecule has 216 valence electrons. The number of pyridine rings is 1. The number of likely N-dealkylation sites (tertiary alicyclic amines) is 1. The van der Waals surface area contributed by atoms with E-state index in [9.17, 15) is 19.2 Å². The van der Waals surface area contributed by atoms with Gasteiger partial charge in [0.1, 0.15) is 17.1 Å². The van der Waals surface area contributed by atoms with Crippen LogP contribution in [0.15, 0.2) is 40.9 Å². The van der Waals surface area contributed by atoms with Crippen molar-refractivity contribution in [2.75, 3.05) is 37.8 Å². The number of amides is 4. The Kier molecular flexibility index (Phi) is 8.58. The molecule has 1 aliphatic carbocycles. The number of benzene rings is 1. The van der Waals surface area contributed by atoms with Crippen LogP contribution in [0.2, 0.25) is 5.02 Å². The van der Waals surface area contributed by atoms with Gasteiger partial charge in [-0.3, -0.25) is 19.2 Å². The second-order valence-corrected chi connectivity index (χ2v) is 11.4. The van der Waals surface area contributed by atoms with E-state index in [1.165, 1.54) is 11.1 Å². The van der Waals surface area contributed by atoms with Gasteiger partial charge in [0.2, 0.25) is 23.5 Å². The smallest absolute Gasteiger partial charge is 0.294 e. The summed E-state index contributed by atoms with van der Waals surface area (Å²) in [5.74, 6) is -0.825. The monoisotopic (exact) mass is 579 g/mol. The number of halogens is 1. The maximum atomic E-state index is 13.5. The molecule has 1 aromatic carbocycles. The van der Waals surface area contributed by atoms with E-state index in [1.807, 2.05) is 4.90 Å². The first-order valence-electron chi connectivity index (χ1n) is 14.0. The Bertz CT molecular complexity index is 1450. The lowest BCUT2D eigenvalue weighted by Gasteiger charge is -2.29. The molecule has 0 spiro atoms. The third-order valence-electron chi connectivity index (χ3n) is 7.89. The number of hydrogen-bond donors (Lipinski definition) is 2. The van der Waals surface area contributed by atoms with E-state index in [-0.39, 0.29) is 53.2 Å². The lowest BCUT2D eigenvalue weighted by Crippen LogP contribution is -2.37. The highest BCUT2D eigenvalue weighted by Crippen LogP contribution is 2.36. The molecule has 11 heteroatoms. The summed E-state index contributed by atoms with van der Waals surface area (Å²) in [7, 11) is 3.37. The van der Waals surface area contributed by atoms with Crippen LogP contribution in [-0.2, 0) is 20.8 Å². The van der Waals surface area contributed by atoms with Crippen LogP contribution >= 0.6 is 11.6 Å². The summed E-state index contributed by atoms with van der Waals surface area (Å²) in [6.07, 6.45) is 6.17. The van der Waals surface area contributed by atoms with Gasteiger partial charge in [-0.25, -0.2) is 4.98 Å². The molecule has 1 saturated heterocycles. The van der Waals surface area contributed by atoms with E-state index in [2.05, 4.69) is 15.6 Å². The first-order valence-corrected chi connectivity index (χ1v) is 14.4. The van der Waals surface area contributed by atoms with Gasteiger partial charge in [-0.05, 0) is 68.4 Å². The van der Waals surface area contributed by atoms with E-state index < -0.39 is 5.91 Å². The predicted octanol–water partition coefficient (Wildman–Crippen LogP) is 4.73. The van der Waals surface area contributed by atoms with E-state index >= 15 is 0 Å². The molecule has 0 radical (unpaired) electrons. The molecule has 10 nitrogen and oxygen atoms in total. The normalized spacial score (nSPS) is 18.8. The molecule has 0 unspecified atom stereocenters. The number of carbonyl (C=O) groups excluding carboxylic acids is 4. The molecule has 2 N–H and O–H groups in total. The molecular formula is C30H34ClN5O5. The number of furan rings is 1. The third kappa shape index (κ3) is 6.53. The van der Waals surface area contributed by atoms with Crippen LogP contribution in [0.25, 0.3) is 11.0 Å². The van der Waals surface area contributed by atoms with E-state index in [4.69, 9.17) is 16.0 Å². The number of anilines is 2. The summed E-state index contributed by atoms with van der Waals surface area (Å²) in [6, 6.07) is 8.38. The lowest BCUT2D eigenvalue weighted by molar-refractivity contribution is -0.136. The highest BCUT2D eigenvalue weighted by molar-refractivity contribution is 6.30. The third-order valence-corrected chi connectivity index (χ3v) is 8.12. The average molecular weight is 580 g/mol. The summed E-state index contributed by atoms with van der Waals surface area (Å²) < 4.78 is 5.93. The average Bonchev–Trinajstić information content (AvgIpc) is 3.63. The number of rotatable bonds is 7. The van der Waals surface area contributed by atoms with Crippen LogP contribution in [0.1, 0.15) is 54.6 Å². The first kappa shape index (κ1) is 28.6. The second kappa shape index (κ2) is 12.3. The number of nitrogens with one attached hydrogen (secondary N) is 2. The molecule has 1 aliphatic heterocycles. The van der Waals surface area contributed by atoms with Crippen molar-refractivity contribution in [2.24, 2.45) is 11.8 Å². The van der Waals surface area contributed by atoms with E-state index in [1.54, 1.807) is 44.4 Å². The topological polar surface area (TPSA) is 125 Å². The molecule has 0 bridgehead atoms. The first-order chi connectivity index (χ1) is 19.7. The number of likely N-dealkylation sites (N-methyl/N-ethyl adjacent to an activating group) is 1. The SMILES string of the molecule is CN(C)C(=O)Cc1ccc2oc(C(=O)Nc3ccc(Cl)cn3)c(NC(=O)C3CCC(C(=O)N4CCCC4)CC3)c2c1. The summed E-state index contributed by atoms with van der Waals surface area (Å²) in [5, 5.41) is 6.60. The van der Waals surface area contributed by atoms with Gasteiger partial charge in [-0.1, -0.05) is 17.7 Å². The lowest BCUT2D eigenvalue weighted by atomic mass is 9.81. The maximum absolute atomic E-state index is 13.5. The number of hydrogen-bond acceptors (Lipinski definition) is 6. The molecule has 2 aliphatic rings. The van der Waals surface area contributed by atoms with Crippen LogP contribution in [0, 0.1) is 11.8 Å². The van der Waals surface area contributed by atoms with Crippen molar-refractivity contribution in [2.45, 2.75) is 44.9 Å². The molecule has 4 amide bonds. The van der Waals surface area contributed by atoms with Gasteiger partial charge in [-0.2, -0.15) is 0 Å². The Labute approximate surface area is 243 Å². The van der Waals surface area contributed by atoms with Gasteiger partial charge < -0.3 is 24.9 Å².